The first-order valence-corrected chi connectivity index (χ1v) is 12.5. The number of thiocarbonyl (C=S) groups is 1. The topological polar surface area (TPSA) is 79.0 Å². The van der Waals surface area contributed by atoms with Crippen LogP contribution in [-0.2, 0) is 14.3 Å². The molecule has 1 N–H and O–H groups in total. The molecule has 0 spiro atoms. The Kier molecular flexibility index (Phi) is 9.63. The highest BCUT2D eigenvalue weighted by Crippen LogP contribution is 2.29. The summed E-state index contributed by atoms with van der Waals surface area (Å²) in [5, 5.41) is 3.77. The summed E-state index contributed by atoms with van der Waals surface area (Å²) in [6.07, 6.45) is 5.31. The largest absolute Gasteiger partial charge is 0.465 e. The van der Waals surface area contributed by atoms with Gasteiger partial charge in [0.15, 0.2) is 5.11 Å². The van der Waals surface area contributed by atoms with Gasteiger partial charge in [0.1, 0.15) is 6.04 Å². The lowest BCUT2D eigenvalue weighted by atomic mass is 10.1. The van der Waals surface area contributed by atoms with Crippen molar-refractivity contribution in [1.82, 2.24) is 4.90 Å². The number of nitrogens with one attached hydrogen (secondary N) is 1. The van der Waals surface area contributed by atoms with Gasteiger partial charge >= 0.3 is 5.97 Å². The predicted molar refractivity (Wildman–Crippen MR) is 142 cm³/mol. The lowest BCUT2D eigenvalue weighted by molar-refractivity contribution is -0.124. The lowest BCUT2D eigenvalue weighted by Gasteiger charge is -2.24. The van der Waals surface area contributed by atoms with Crippen molar-refractivity contribution in [3.8, 4) is 0 Å². The molecule has 0 aliphatic carbocycles. The molecule has 2 amide bonds. The molecule has 0 bridgehead atoms. The molecule has 2 aromatic rings. The summed E-state index contributed by atoms with van der Waals surface area (Å²) in [6.45, 7) is 2.76. The van der Waals surface area contributed by atoms with E-state index in [-0.39, 0.29) is 18.2 Å². The Labute approximate surface area is 216 Å². The lowest BCUT2D eigenvalue weighted by Crippen LogP contribution is -2.38. The van der Waals surface area contributed by atoms with Gasteiger partial charge in [-0.2, -0.15) is 0 Å². The molecule has 3 rings (SSSR count). The zero-order valence-electron chi connectivity index (χ0n) is 20.0. The molecule has 1 atom stereocenters. The number of hydrogen-bond acceptors (Lipinski definition) is 5. The number of nitrogens with zero attached hydrogens (tertiary/aromatic N) is 2. The van der Waals surface area contributed by atoms with Crippen LogP contribution in [0.15, 0.2) is 48.5 Å². The van der Waals surface area contributed by atoms with Crippen LogP contribution in [0.2, 0.25) is 5.02 Å². The van der Waals surface area contributed by atoms with E-state index in [1.165, 1.54) is 18.4 Å². The summed E-state index contributed by atoms with van der Waals surface area (Å²) in [5.74, 6) is -1.00. The number of methoxy groups -OCH3 is 1. The molecule has 1 fully saturated rings. The Morgan fingerprint density at radius 3 is 2.31 bits per heavy atom. The quantitative estimate of drug-likeness (QED) is 0.244. The van der Waals surface area contributed by atoms with Crippen LogP contribution in [0.3, 0.4) is 0 Å². The van der Waals surface area contributed by atoms with Crippen molar-refractivity contribution >= 4 is 58.1 Å². The first-order valence-electron chi connectivity index (χ1n) is 11.7. The van der Waals surface area contributed by atoms with Gasteiger partial charge in [0.25, 0.3) is 5.91 Å². The number of esters is 1. The first kappa shape index (κ1) is 26.6. The fourth-order valence-corrected chi connectivity index (χ4v) is 4.54. The van der Waals surface area contributed by atoms with Crippen molar-refractivity contribution in [3.05, 3.63) is 59.1 Å². The summed E-state index contributed by atoms with van der Waals surface area (Å²) in [7, 11) is 1.31. The van der Waals surface area contributed by atoms with Crippen molar-refractivity contribution in [3.63, 3.8) is 0 Å². The van der Waals surface area contributed by atoms with Crippen molar-refractivity contribution in [1.29, 1.82) is 0 Å². The molecule has 186 valence electrons. The summed E-state index contributed by atoms with van der Waals surface area (Å²) in [6, 6.07) is 12.6. The highest BCUT2D eigenvalue weighted by atomic mass is 35.5. The number of carbonyl (C=O) groups is 3. The van der Waals surface area contributed by atoms with E-state index in [1.807, 2.05) is 4.90 Å². The molecule has 9 heteroatoms. The summed E-state index contributed by atoms with van der Waals surface area (Å²) in [5.41, 5.74) is 1.53. The minimum atomic E-state index is -0.696. The number of unbranched alkanes of at least 4 members (excludes halogenated alkanes) is 4. The van der Waals surface area contributed by atoms with Crippen molar-refractivity contribution in [2.45, 2.75) is 51.5 Å². The van der Waals surface area contributed by atoms with E-state index in [2.05, 4.69) is 12.2 Å². The fourth-order valence-electron chi connectivity index (χ4n) is 4.00. The van der Waals surface area contributed by atoms with Gasteiger partial charge in [-0.15, -0.1) is 0 Å². The van der Waals surface area contributed by atoms with Gasteiger partial charge in [-0.3, -0.25) is 14.5 Å². The number of ether oxygens (including phenoxy) is 1. The molecule has 1 aliphatic heterocycles. The normalized spacial score (nSPS) is 15.5. The van der Waals surface area contributed by atoms with Crippen molar-refractivity contribution in [2.75, 3.05) is 23.9 Å². The molecule has 1 aliphatic rings. The highest BCUT2D eigenvalue weighted by Gasteiger charge is 2.43. The van der Waals surface area contributed by atoms with E-state index in [0.717, 1.165) is 25.7 Å². The summed E-state index contributed by atoms with van der Waals surface area (Å²) < 4.78 is 4.69. The Morgan fingerprint density at radius 2 is 1.69 bits per heavy atom. The van der Waals surface area contributed by atoms with Crippen molar-refractivity contribution in [2.24, 2.45) is 0 Å². The van der Waals surface area contributed by atoms with Crippen LogP contribution in [0.5, 0.6) is 0 Å². The Balaban J connectivity index is 1.73. The third-order valence-electron chi connectivity index (χ3n) is 5.87. The van der Waals surface area contributed by atoms with E-state index >= 15 is 0 Å². The molecule has 0 radical (unpaired) electrons. The average Bonchev–Trinajstić information content (AvgIpc) is 3.08. The third-order valence-corrected chi connectivity index (χ3v) is 6.54. The molecule has 0 saturated carbocycles. The number of amides is 2. The minimum absolute atomic E-state index is 0.0449. The van der Waals surface area contributed by atoms with Gasteiger partial charge in [0.2, 0.25) is 5.91 Å². The molecule has 2 aromatic carbocycles. The Hall–Kier alpha value is -2.97. The predicted octanol–water partition coefficient (Wildman–Crippen LogP) is 5.43. The minimum Gasteiger partial charge on any atom is -0.465 e. The van der Waals surface area contributed by atoms with Crippen LogP contribution in [0.25, 0.3) is 0 Å². The maximum Gasteiger partial charge on any atom is 0.337 e. The number of carbonyl (C=O) groups excluding carboxylic acids is 3. The summed E-state index contributed by atoms with van der Waals surface area (Å²) >= 11 is 11.7. The number of hydrogen-bond donors (Lipinski definition) is 1. The van der Waals surface area contributed by atoms with Crippen LogP contribution in [0.4, 0.5) is 11.4 Å². The van der Waals surface area contributed by atoms with Gasteiger partial charge < -0.3 is 15.0 Å². The van der Waals surface area contributed by atoms with E-state index in [0.29, 0.717) is 33.6 Å². The third kappa shape index (κ3) is 6.80. The van der Waals surface area contributed by atoms with Crippen LogP contribution in [0.1, 0.15) is 55.8 Å². The highest BCUT2D eigenvalue weighted by molar-refractivity contribution is 7.80. The number of halogens is 1. The van der Waals surface area contributed by atoms with Gasteiger partial charge in [0.05, 0.1) is 24.8 Å². The maximum absolute atomic E-state index is 13.4. The summed E-state index contributed by atoms with van der Waals surface area (Å²) in [4.78, 5) is 41.3. The molecule has 7 nitrogen and oxygen atoms in total. The molecular formula is C26H30ClN3O4S. The standard InChI is InChI=1S/C26H30ClN3O4S/c1-3-4-5-6-7-16-29-22(24(32)30(26(29)35)21-14-10-19(27)11-15-21)17-23(31)28-20-12-8-18(9-13-20)25(33)34-2/h8-15,22H,3-7,16-17H2,1-2H3,(H,28,31)/t22-/m1/s1. The van der Waals surface area contributed by atoms with Gasteiger partial charge in [0, 0.05) is 17.3 Å². The Morgan fingerprint density at radius 1 is 1.03 bits per heavy atom. The van der Waals surface area contributed by atoms with Crippen LogP contribution in [0, 0.1) is 0 Å². The second-order valence-electron chi connectivity index (χ2n) is 8.38. The number of rotatable bonds is 11. The zero-order valence-corrected chi connectivity index (χ0v) is 21.5. The molecule has 1 saturated heterocycles. The van der Waals surface area contributed by atoms with Crippen LogP contribution >= 0.6 is 23.8 Å². The maximum atomic E-state index is 13.4. The smallest absolute Gasteiger partial charge is 0.337 e. The zero-order chi connectivity index (χ0) is 25.4. The molecule has 0 aromatic heterocycles. The second-order valence-corrected chi connectivity index (χ2v) is 9.18. The van der Waals surface area contributed by atoms with E-state index in [1.54, 1.807) is 48.5 Å². The molecular weight excluding hydrogens is 486 g/mol. The first-order chi connectivity index (χ1) is 16.8. The molecule has 0 unspecified atom stereocenters. The van der Waals surface area contributed by atoms with Gasteiger partial charge in [-0.1, -0.05) is 44.2 Å². The van der Waals surface area contributed by atoms with Gasteiger partial charge in [-0.05, 0) is 67.2 Å². The van der Waals surface area contributed by atoms with E-state index in [4.69, 9.17) is 28.6 Å². The SMILES string of the molecule is CCCCCCCN1C(=S)N(c2ccc(Cl)cc2)C(=O)[C@H]1CC(=O)Nc1ccc(C(=O)OC)cc1. The number of anilines is 2. The van der Waals surface area contributed by atoms with E-state index < -0.39 is 12.0 Å². The van der Waals surface area contributed by atoms with E-state index in [9.17, 15) is 14.4 Å². The Bertz CT molecular complexity index is 1060. The van der Waals surface area contributed by atoms with Gasteiger partial charge in [-0.25, -0.2) is 4.79 Å². The number of benzene rings is 2. The molecule has 1 heterocycles. The molecule has 35 heavy (non-hydrogen) atoms. The fraction of sp³-hybridized carbons (Fsp3) is 0.385. The van der Waals surface area contributed by atoms with Crippen LogP contribution in [-0.4, -0.2) is 47.5 Å². The average molecular weight is 516 g/mol. The van der Waals surface area contributed by atoms with Crippen molar-refractivity contribution < 1.29 is 19.1 Å². The van der Waals surface area contributed by atoms with Crippen LogP contribution < -0.4 is 10.2 Å². The monoisotopic (exact) mass is 515 g/mol. The second kappa shape index (κ2) is 12.7.